The molecule has 1 N–H and O–H groups in total. The summed E-state index contributed by atoms with van der Waals surface area (Å²) in [4.78, 5) is 18.1. The van der Waals surface area contributed by atoms with Gasteiger partial charge < -0.3 is 4.90 Å². The van der Waals surface area contributed by atoms with Crippen molar-refractivity contribution in [2.24, 2.45) is 0 Å². The van der Waals surface area contributed by atoms with E-state index in [1.54, 1.807) is 12.3 Å². The molecule has 3 heterocycles. The summed E-state index contributed by atoms with van der Waals surface area (Å²) < 4.78 is 0. The van der Waals surface area contributed by atoms with Crippen molar-refractivity contribution in [2.75, 3.05) is 13.6 Å². The minimum atomic E-state index is 0.0234. The van der Waals surface area contributed by atoms with E-state index >= 15 is 0 Å². The highest BCUT2D eigenvalue weighted by atomic mass is 16.2. The summed E-state index contributed by atoms with van der Waals surface area (Å²) in [5.41, 5.74) is 1.92. The normalized spacial score (nSPS) is 29.2. The number of aromatic nitrogens is 2. The number of nitrogens with one attached hydrogen (secondary N) is 1. The maximum atomic E-state index is 13.4. The lowest BCUT2D eigenvalue weighted by Crippen LogP contribution is -2.55. The monoisotopic (exact) mass is 366 g/mol. The van der Waals surface area contributed by atoms with Crippen LogP contribution in [-0.2, 0) is 6.42 Å². The van der Waals surface area contributed by atoms with E-state index in [0.717, 1.165) is 25.8 Å². The van der Waals surface area contributed by atoms with Crippen molar-refractivity contribution in [1.29, 1.82) is 0 Å². The molecule has 2 fully saturated rings. The summed E-state index contributed by atoms with van der Waals surface area (Å²) in [5.74, 6) is 0.0936. The number of likely N-dealkylation sites (N-methyl/N-ethyl adjacent to an activating group) is 1. The SMILES string of the molecule is CN1CCCCC[C@@H]2N(C(=O)c3ccn[nH]3)[C@H](Cc3ccccc3)C[C@@]21C. The van der Waals surface area contributed by atoms with Crippen molar-refractivity contribution in [2.45, 2.75) is 63.1 Å². The lowest BCUT2D eigenvalue weighted by atomic mass is 9.84. The fraction of sp³-hybridized carbons (Fsp3) is 0.545. The average molecular weight is 367 g/mol. The van der Waals surface area contributed by atoms with Crippen molar-refractivity contribution in [3.8, 4) is 0 Å². The third-order valence-corrected chi connectivity index (χ3v) is 6.72. The molecule has 2 aliphatic heterocycles. The molecule has 0 radical (unpaired) electrons. The molecular weight excluding hydrogens is 336 g/mol. The zero-order chi connectivity index (χ0) is 18.9. The number of amides is 1. The van der Waals surface area contributed by atoms with Crippen LogP contribution in [0.1, 0.15) is 55.1 Å². The van der Waals surface area contributed by atoms with Gasteiger partial charge in [-0.1, -0.05) is 43.2 Å². The molecule has 1 aromatic heterocycles. The van der Waals surface area contributed by atoms with Gasteiger partial charge in [0.2, 0.25) is 0 Å². The number of carbonyl (C=O) groups excluding carboxylic acids is 1. The Labute approximate surface area is 161 Å². The number of nitrogens with zero attached hydrogens (tertiary/aromatic N) is 3. The van der Waals surface area contributed by atoms with Gasteiger partial charge in [-0.25, -0.2) is 0 Å². The van der Waals surface area contributed by atoms with Crippen LogP contribution in [-0.4, -0.2) is 57.1 Å². The van der Waals surface area contributed by atoms with Crippen LogP contribution >= 0.6 is 0 Å². The molecule has 1 aromatic carbocycles. The van der Waals surface area contributed by atoms with Crippen LogP contribution in [0, 0.1) is 0 Å². The van der Waals surface area contributed by atoms with Crippen LogP contribution in [0.15, 0.2) is 42.6 Å². The number of likely N-dealkylation sites (tertiary alicyclic amines) is 2. The average Bonchev–Trinajstić information content (AvgIpc) is 3.28. The molecule has 0 bridgehead atoms. The standard InChI is InChI=1S/C22H30N4O/c1-22-16-18(15-17-9-5-3-6-10-17)26(21(27)19-12-13-23-24-19)20(22)11-7-4-8-14-25(22)2/h3,5-6,9-10,12-13,18,20H,4,7-8,11,14-16H2,1-2H3,(H,23,24)/t18-,20+,22+/m1/s1. The molecule has 4 rings (SSSR count). The lowest BCUT2D eigenvalue weighted by Gasteiger charge is -2.43. The lowest BCUT2D eigenvalue weighted by molar-refractivity contribution is 0.0449. The van der Waals surface area contributed by atoms with E-state index in [9.17, 15) is 4.79 Å². The van der Waals surface area contributed by atoms with Crippen molar-refractivity contribution in [3.05, 3.63) is 53.9 Å². The summed E-state index contributed by atoms with van der Waals surface area (Å²) >= 11 is 0. The van der Waals surface area contributed by atoms with Crippen LogP contribution < -0.4 is 0 Å². The Morgan fingerprint density at radius 2 is 2.04 bits per heavy atom. The molecule has 2 saturated heterocycles. The highest BCUT2D eigenvalue weighted by Gasteiger charge is 2.53. The molecule has 5 nitrogen and oxygen atoms in total. The fourth-order valence-electron chi connectivity index (χ4n) is 5.12. The predicted octanol–water partition coefficient (Wildman–Crippen LogP) is 3.50. The first-order chi connectivity index (χ1) is 13.1. The molecule has 5 heteroatoms. The minimum absolute atomic E-state index is 0.0234. The third kappa shape index (κ3) is 3.41. The molecule has 0 spiro atoms. The van der Waals surface area contributed by atoms with Crippen LogP contribution in [0.4, 0.5) is 0 Å². The summed E-state index contributed by atoms with van der Waals surface area (Å²) in [5, 5.41) is 6.90. The number of benzene rings is 1. The Balaban J connectivity index is 1.70. The third-order valence-electron chi connectivity index (χ3n) is 6.72. The van der Waals surface area contributed by atoms with Crippen molar-refractivity contribution in [3.63, 3.8) is 0 Å². The molecule has 144 valence electrons. The Kier molecular flexibility index (Phi) is 5.04. The Bertz CT molecular complexity index is 760. The van der Waals surface area contributed by atoms with Crippen molar-refractivity contribution >= 4 is 5.91 Å². The van der Waals surface area contributed by atoms with Crippen LogP contribution in [0.2, 0.25) is 0 Å². The number of H-pyrrole nitrogens is 1. The highest BCUT2D eigenvalue weighted by Crippen LogP contribution is 2.42. The summed E-state index contributed by atoms with van der Waals surface area (Å²) in [6, 6.07) is 12.8. The quantitative estimate of drug-likeness (QED) is 0.904. The van der Waals surface area contributed by atoms with Crippen LogP contribution in [0.3, 0.4) is 0 Å². The molecule has 2 aliphatic rings. The summed E-state index contributed by atoms with van der Waals surface area (Å²) in [6.45, 7) is 3.47. The summed E-state index contributed by atoms with van der Waals surface area (Å²) in [7, 11) is 2.24. The second-order valence-electron chi connectivity index (χ2n) is 8.37. The molecule has 2 aromatic rings. The van der Waals surface area contributed by atoms with Gasteiger partial charge in [0.1, 0.15) is 5.69 Å². The van der Waals surface area contributed by atoms with Crippen molar-refractivity contribution in [1.82, 2.24) is 20.0 Å². The maximum absolute atomic E-state index is 13.4. The van der Waals surface area contributed by atoms with E-state index in [-0.39, 0.29) is 23.5 Å². The number of carbonyl (C=O) groups is 1. The van der Waals surface area contributed by atoms with E-state index in [2.05, 4.69) is 64.3 Å². The van der Waals surface area contributed by atoms with Gasteiger partial charge >= 0.3 is 0 Å². The Morgan fingerprint density at radius 3 is 2.78 bits per heavy atom. The van der Waals surface area contributed by atoms with Crippen molar-refractivity contribution < 1.29 is 4.79 Å². The molecule has 0 saturated carbocycles. The first-order valence-corrected chi connectivity index (χ1v) is 10.2. The number of hydrogen-bond acceptors (Lipinski definition) is 3. The molecule has 27 heavy (non-hydrogen) atoms. The molecule has 0 unspecified atom stereocenters. The number of aromatic amines is 1. The number of fused-ring (bicyclic) bond motifs is 1. The maximum Gasteiger partial charge on any atom is 0.272 e. The van der Waals surface area contributed by atoms with Gasteiger partial charge in [-0.2, -0.15) is 5.10 Å². The topological polar surface area (TPSA) is 52.2 Å². The Hall–Kier alpha value is -2.14. The second kappa shape index (κ2) is 7.47. The molecule has 3 atom stereocenters. The molecular formula is C22H30N4O. The van der Waals surface area contributed by atoms with Crippen LogP contribution in [0.5, 0.6) is 0 Å². The van der Waals surface area contributed by atoms with E-state index in [1.807, 2.05) is 0 Å². The van der Waals surface area contributed by atoms with Gasteiger partial charge in [0.25, 0.3) is 5.91 Å². The predicted molar refractivity (Wildman–Crippen MR) is 107 cm³/mol. The van der Waals surface area contributed by atoms with Crippen LogP contribution in [0.25, 0.3) is 0 Å². The second-order valence-corrected chi connectivity index (χ2v) is 8.37. The molecule has 1 amide bonds. The van der Waals surface area contributed by atoms with E-state index < -0.39 is 0 Å². The first-order valence-electron chi connectivity index (χ1n) is 10.2. The number of hydrogen-bond donors (Lipinski definition) is 1. The number of rotatable bonds is 3. The minimum Gasteiger partial charge on any atom is -0.329 e. The largest absolute Gasteiger partial charge is 0.329 e. The van der Waals surface area contributed by atoms with E-state index in [0.29, 0.717) is 5.69 Å². The first kappa shape index (κ1) is 18.2. The van der Waals surface area contributed by atoms with Gasteiger partial charge in [0.15, 0.2) is 0 Å². The summed E-state index contributed by atoms with van der Waals surface area (Å²) in [6.07, 6.45) is 8.34. The fourth-order valence-corrected chi connectivity index (χ4v) is 5.12. The zero-order valence-electron chi connectivity index (χ0n) is 16.4. The van der Waals surface area contributed by atoms with Gasteiger partial charge in [-0.3, -0.25) is 14.8 Å². The Morgan fingerprint density at radius 1 is 1.22 bits per heavy atom. The van der Waals surface area contributed by atoms with E-state index in [4.69, 9.17) is 0 Å². The van der Waals surface area contributed by atoms with E-state index in [1.165, 1.54) is 24.8 Å². The highest BCUT2D eigenvalue weighted by molar-refractivity contribution is 5.93. The van der Waals surface area contributed by atoms with Gasteiger partial charge in [-0.05, 0) is 57.8 Å². The smallest absolute Gasteiger partial charge is 0.272 e. The van der Waals surface area contributed by atoms with Gasteiger partial charge in [-0.15, -0.1) is 0 Å². The van der Waals surface area contributed by atoms with Gasteiger partial charge in [0.05, 0.1) is 6.04 Å². The molecule has 0 aliphatic carbocycles. The zero-order valence-corrected chi connectivity index (χ0v) is 16.4. The van der Waals surface area contributed by atoms with Gasteiger partial charge in [0, 0.05) is 17.8 Å².